The number of halogens is 1. The van der Waals surface area contributed by atoms with Crippen LogP contribution in [0.4, 0.5) is 10.8 Å². The number of aromatic nitrogens is 1. The standard InChI is InChI=1S/C22H20ClN3O4S/c1-29-18-8-6-13(11-19(18)30-2)16-12-31-22(24-16)25-21(28)14-5-7-15(23)17(10-14)26-9-3-4-20(26)27/h5-8,10-12H,3-4,9H2,1-2H3,(H,24,25,28). The average molecular weight is 458 g/mol. The average Bonchev–Trinajstić information content (AvgIpc) is 3.42. The Balaban J connectivity index is 1.53. The van der Waals surface area contributed by atoms with E-state index in [1.807, 2.05) is 17.5 Å². The number of benzene rings is 2. The van der Waals surface area contributed by atoms with Crippen molar-refractivity contribution in [1.82, 2.24) is 4.98 Å². The van der Waals surface area contributed by atoms with Gasteiger partial charge in [-0.05, 0) is 42.8 Å². The summed E-state index contributed by atoms with van der Waals surface area (Å²) in [5, 5.41) is 5.57. The fourth-order valence-electron chi connectivity index (χ4n) is 3.39. The van der Waals surface area contributed by atoms with Crippen LogP contribution < -0.4 is 19.7 Å². The van der Waals surface area contributed by atoms with E-state index in [4.69, 9.17) is 21.1 Å². The minimum Gasteiger partial charge on any atom is -0.493 e. The van der Waals surface area contributed by atoms with Gasteiger partial charge in [0.2, 0.25) is 5.91 Å². The predicted octanol–water partition coefficient (Wildman–Crippen LogP) is 4.86. The molecule has 2 heterocycles. The van der Waals surface area contributed by atoms with Crippen molar-refractivity contribution in [2.75, 3.05) is 31.0 Å². The zero-order valence-electron chi connectivity index (χ0n) is 17.0. The van der Waals surface area contributed by atoms with Crippen molar-refractivity contribution in [2.24, 2.45) is 0 Å². The van der Waals surface area contributed by atoms with E-state index in [9.17, 15) is 9.59 Å². The topological polar surface area (TPSA) is 80.8 Å². The molecule has 3 aromatic rings. The van der Waals surface area contributed by atoms with Gasteiger partial charge in [0.15, 0.2) is 16.6 Å². The molecule has 0 saturated carbocycles. The zero-order valence-corrected chi connectivity index (χ0v) is 18.5. The number of nitrogens with one attached hydrogen (secondary N) is 1. The van der Waals surface area contributed by atoms with Crippen LogP contribution in [0.5, 0.6) is 11.5 Å². The molecule has 31 heavy (non-hydrogen) atoms. The summed E-state index contributed by atoms with van der Waals surface area (Å²) in [6.45, 7) is 0.602. The molecule has 2 aromatic carbocycles. The van der Waals surface area contributed by atoms with Gasteiger partial charge in [-0.25, -0.2) is 4.98 Å². The van der Waals surface area contributed by atoms with Gasteiger partial charge in [-0.15, -0.1) is 11.3 Å². The van der Waals surface area contributed by atoms with Crippen molar-refractivity contribution < 1.29 is 19.1 Å². The number of methoxy groups -OCH3 is 2. The number of rotatable bonds is 6. The van der Waals surface area contributed by atoms with E-state index in [1.165, 1.54) is 11.3 Å². The summed E-state index contributed by atoms with van der Waals surface area (Å²) < 4.78 is 10.6. The molecule has 0 unspecified atom stereocenters. The maximum absolute atomic E-state index is 12.8. The number of ether oxygens (including phenoxy) is 2. The van der Waals surface area contributed by atoms with E-state index in [-0.39, 0.29) is 11.8 Å². The highest BCUT2D eigenvalue weighted by Gasteiger charge is 2.24. The van der Waals surface area contributed by atoms with E-state index < -0.39 is 0 Å². The lowest BCUT2D eigenvalue weighted by Crippen LogP contribution is -2.24. The first-order chi connectivity index (χ1) is 15.0. The van der Waals surface area contributed by atoms with Crippen LogP contribution in [0, 0.1) is 0 Å². The number of thiazole rings is 1. The number of amides is 2. The number of carbonyl (C=O) groups is 2. The van der Waals surface area contributed by atoms with Gasteiger partial charge < -0.3 is 14.4 Å². The van der Waals surface area contributed by atoms with E-state index in [1.54, 1.807) is 43.4 Å². The summed E-state index contributed by atoms with van der Waals surface area (Å²) in [5.74, 6) is 0.922. The fraction of sp³-hybridized carbons (Fsp3) is 0.227. The Morgan fingerprint density at radius 2 is 1.97 bits per heavy atom. The minimum atomic E-state index is -0.322. The Morgan fingerprint density at radius 3 is 2.68 bits per heavy atom. The lowest BCUT2D eigenvalue weighted by atomic mass is 10.1. The summed E-state index contributed by atoms with van der Waals surface area (Å²) in [6, 6.07) is 10.4. The Bertz CT molecular complexity index is 1150. The van der Waals surface area contributed by atoms with Crippen LogP contribution in [-0.2, 0) is 4.79 Å². The highest BCUT2D eigenvalue weighted by atomic mass is 35.5. The molecule has 1 aliphatic heterocycles. The maximum Gasteiger partial charge on any atom is 0.257 e. The summed E-state index contributed by atoms with van der Waals surface area (Å²) >= 11 is 7.59. The number of hydrogen-bond acceptors (Lipinski definition) is 6. The third kappa shape index (κ3) is 4.35. The first-order valence-electron chi connectivity index (χ1n) is 9.59. The molecule has 0 spiro atoms. The minimum absolute atomic E-state index is 0.0129. The van der Waals surface area contributed by atoms with Gasteiger partial charge in [-0.3, -0.25) is 14.9 Å². The van der Waals surface area contributed by atoms with Gasteiger partial charge in [-0.2, -0.15) is 0 Å². The lowest BCUT2D eigenvalue weighted by molar-refractivity contribution is -0.117. The molecule has 1 aromatic heterocycles. The molecule has 0 atom stereocenters. The van der Waals surface area contributed by atoms with Crippen LogP contribution in [-0.4, -0.2) is 37.6 Å². The highest BCUT2D eigenvalue weighted by molar-refractivity contribution is 7.14. The number of carbonyl (C=O) groups excluding carboxylic acids is 2. The quantitative estimate of drug-likeness (QED) is 0.571. The highest BCUT2D eigenvalue weighted by Crippen LogP contribution is 2.34. The zero-order chi connectivity index (χ0) is 22.0. The van der Waals surface area contributed by atoms with Gasteiger partial charge >= 0.3 is 0 Å². The molecule has 160 valence electrons. The van der Waals surface area contributed by atoms with Gasteiger partial charge in [0.25, 0.3) is 5.91 Å². The van der Waals surface area contributed by atoms with Gasteiger partial charge in [0, 0.05) is 29.5 Å². The summed E-state index contributed by atoms with van der Waals surface area (Å²) in [5.41, 5.74) is 2.51. The summed E-state index contributed by atoms with van der Waals surface area (Å²) in [7, 11) is 3.15. The molecule has 0 bridgehead atoms. The van der Waals surface area contributed by atoms with E-state index in [2.05, 4.69) is 10.3 Å². The van der Waals surface area contributed by atoms with Crippen molar-refractivity contribution in [1.29, 1.82) is 0 Å². The Morgan fingerprint density at radius 1 is 1.16 bits per heavy atom. The van der Waals surface area contributed by atoms with Gasteiger partial charge in [0.05, 0.1) is 30.6 Å². The van der Waals surface area contributed by atoms with Crippen LogP contribution in [0.25, 0.3) is 11.3 Å². The maximum atomic E-state index is 12.8. The molecule has 4 rings (SSSR count). The molecule has 1 fully saturated rings. The second-order valence-electron chi connectivity index (χ2n) is 6.88. The van der Waals surface area contributed by atoms with E-state index in [0.717, 1.165) is 12.0 Å². The number of hydrogen-bond donors (Lipinski definition) is 1. The summed E-state index contributed by atoms with van der Waals surface area (Å²) in [4.78, 5) is 31.0. The number of anilines is 2. The third-order valence-electron chi connectivity index (χ3n) is 4.98. The van der Waals surface area contributed by atoms with Crippen LogP contribution in [0.3, 0.4) is 0 Å². The largest absolute Gasteiger partial charge is 0.493 e. The van der Waals surface area contributed by atoms with Gasteiger partial charge in [0.1, 0.15) is 0 Å². The van der Waals surface area contributed by atoms with Gasteiger partial charge in [-0.1, -0.05) is 11.6 Å². The fourth-order valence-corrected chi connectivity index (χ4v) is 4.33. The molecular weight excluding hydrogens is 438 g/mol. The van der Waals surface area contributed by atoms with Crippen molar-refractivity contribution in [3.63, 3.8) is 0 Å². The monoisotopic (exact) mass is 457 g/mol. The normalized spacial score (nSPS) is 13.4. The van der Waals surface area contributed by atoms with Crippen LogP contribution in [0.1, 0.15) is 23.2 Å². The van der Waals surface area contributed by atoms with Crippen molar-refractivity contribution >= 4 is 45.6 Å². The molecule has 7 nitrogen and oxygen atoms in total. The molecule has 2 amide bonds. The van der Waals surface area contributed by atoms with Crippen molar-refractivity contribution in [3.8, 4) is 22.8 Å². The lowest BCUT2D eigenvalue weighted by Gasteiger charge is -2.18. The molecule has 0 aliphatic carbocycles. The van der Waals surface area contributed by atoms with Crippen molar-refractivity contribution in [3.05, 3.63) is 52.4 Å². The second-order valence-corrected chi connectivity index (χ2v) is 8.14. The Hall–Kier alpha value is -3.10. The first kappa shape index (κ1) is 21.1. The number of nitrogens with zero attached hydrogens (tertiary/aromatic N) is 2. The van der Waals surface area contributed by atoms with Crippen molar-refractivity contribution in [2.45, 2.75) is 12.8 Å². The SMILES string of the molecule is COc1ccc(-c2csc(NC(=O)c3ccc(Cl)c(N4CCCC4=O)c3)n2)cc1OC. The molecule has 0 radical (unpaired) electrons. The van der Waals surface area contributed by atoms with Crippen LogP contribution >= 0.6 is 22.9 Å². The molecule has 1 N–H and O–H groups in total. The molecular formula is C22H20ClN3O4S. The Kier molecular flexibility index (Phi) is 6.11. The third-order valence-corrected chi connectivity index (χ3v) is 6.05. The summed E-state index contributed by atoms with van der Waals surface area (Å²) in [6.07, 6.45) is 1.27. The molecule has 1 aliphatic rings. The predicted molar refractivity (Wildman–Crippen MR) is 122 cm³/mol. The van der Waals surface area contributed by atoms with Crippen LogP contribution in [0.2, 0.25) is 5.02 Å². The van der Waals surface area contributed by atoms with E-state index >= 15 is 0 Å². The van der Waals surface area contributed by atoms with Crippen LogP contribution in [0.15, 0.2) is 41.8 Å². The first-order valence-corrected chi connectivity index (χ1v) is 10.8. The second kappa shape index (κ2) is 8.95. The van der Waals surface area contributed by atoms with E-state index in [0.29, 0.717) is 51.6 Å². The Labute approximate surface area is 188 Å². The smallest absolute Gasteiger partial charge is 0.257 e. The molecule has 9 heteroatoms. The molecule has 1 saturated heterocycles.